The first-order valence-corrected chi connectivity index (χ1v) is 8.02. The first-order valence-electron chi connectivity index (χ1n) is 7.64. The summed E-state index contributed by atoms with van der Waals surface area (Å²) in [6.07, 6.45) is 6.32. The number of carbonyl (C=O) groups is 1. The maximum atomic E-state index is 12.1. The summed E-state index contributed by atoms with van der Waals surface area (Å²) in [6.45, 7) is 2.32. The van der Waals surface area contributed by atoms with E-state index in [9.17, 15) is 4.79 Å². The van der Waals surface area contributed by atoms with Crippen molar-refractivity contribution in [2.45, 2.75) is 13.5 Å². The van der Waals surface area contributed by atoms with E-state index < -0.39 is 0 Å². The molecule has 0 aliphatic carbocycles. The van der Waals surface area contributed by atoms with Crippen LogP contribution in [0.4, 0.5) is 11.5 Å². The number of benzene rings is 1. The lowest BCUT2D eigenvalue weighted by Gasteiger charge is -2.08. The molecule has 3 aromatic rings. The van der Waals surface area contributed by atoms with Gasteiger partial charge in [0.15, 0.2) is 0 Å². The Hall–Kier alpha value is -2.99. The molecule has 0 fully saturated rings. The van der Waals surface area contributed by atoms with Gasteiger partial charge in [0, 0.05) is 29.6 Å². The number of carbonyl (C=O) groups excluding carboxylic acids is 1. The van der Waals surface area contributed by atoms with Gasteiger partial charge in [-0.15, -0.1) is 0 Å². The van der Waals surface area contributed by atoms with Gasteiger partial charge in [-0.3, -0.25) is 9.78 Å². The van der Waals surface area contributed by atoms with E-state index in [1.54, 1.807) is 12.4 Å². The highest BCUT2D eigenvalue weighted by molar-refractivity contribution is 6.31. The molecule has 0 bridgehead atoms. The highest BCUT2D eigenvalue weighted by Crippen LogP contribution is 2.22. The summed E-state index contributed by atoms with van der Waals surface area (Å²) in [5.74, 6) is 0.241. The van der Waals surface area contributed by atoms with Crippen molar-refractivity contribution in [1.82, 2.24) is 20.3 Å². The number of halogens is 1. The quantitative estimate of drug-likeness (QED) is 0.733. The molecule has 0 radical (unpaired) electrons. The number of pyridine rings is 1. The Labute approximate surface area is 150 Å². The van der Waals surface area contributed by atoms with Crippen LogP contribution in [0.15, 0.2) is 55.1 Å². The molecule has 1 aromatic carbocycles. The molecular weight excluding hydrogens is 338 g/mol. The molecule has 0 aliphatic rings. The zero-order valence-electron chi connectivity index (χ0n) is 13.5. The van der Waals surface area contributed by atoms with Gasteiger partial charge >= 0.3 is 0 Å². The Morgan fingerprint density at radius 2 is 2.04 bits per heavy atom. The number of aromatic nitrogens is 3. The summed E-state index contributed by atoms with van der Waals surface area (Å²) < 4.78 is 0. The smallest absolute Gasteiger partial charge is 0.271 e. The second-order valence-electron chi connectivity index (χ2n) is 5.42. The van der Waals surface area contributed by atoms with Crippen LogP contribution in [0.2, 0.25) is 5.02 Å². The van der Waals surface area contributed by atoms with Crippen LogP contribution in [-0.4, -0.2) is 20.9 Å². The number of anilines is 2. The van der Waals surface area contributed by atoms with E-state index in [0.29, 0.717) is 17.4 Å². The average molecular weight is 354 g/mol. The van der Waals surface area contributed by atoms with Crippen LogP contribution >= 0.6 is 11.6 Å². The third-order valence-corrected chi connectivity index (χ3v) is 3.91. The molecule has 0 aliphatic heterocycles. The van der Waals surface area contributed by atoms with Crippen molar-refractivity contribution in [2.75, 3.05) is 5.32 Å². The van der Waals surface area contributed by atoms with Crippen LogP contribution in [0.3, 0.4) is 0 Å². The van der Waals surface area contributed by atoms with E-state index >= 15 is 0 Å². The van der Waals surface area contributed by atoms with Gasteiger partial charge in [-0.2, -0.15) is 0 Å². The lowest BCUT2D eigenvalue weighted by atomic mass is 10.2. The zero-order valence-corrected chi connectivity index (χ0v) is 14.3. The van der Waals surface area contributed by atoms with Gasteiger partial charge in [0.2, 0.25) is 0 Å². The summed E-state index contributed by atoms with van der Waals surface area (Å²) in [7, 11) is 0. The van der Waals surface area contributed by atoms with Crippen molar-refractivity contribution in [3.8, 4) is 0 Å². The number of hydrogen-bond donors (Lipinski definition) is 2. The van der Waals surface area contributed by atoms with E-state index in [2.05, 4.69) is 25.6 Å². The van der Waals surface area contributed by atoms with Crippen LogP contribution < -0.4 is 10.6 Å². The van der Waals surface area contributed by atoms with Crippen molar-refractivity contribution >= 4 is 29.0 Å². The van der Waals surface area contributed by atoms with Crippen molar-refractivity contribution in [2.24, 2.45) is 0 Å². The average Bonchev–Trinajstić information content (AvgIpc) is 2.64. The van der Waals surface area contributed by atoms with Gasteiger partial charge in [-0.25, -0.2) is 9.97 Å². The second kappa shape index (κ2) is 7.72. The summed E-state index contributed by atoms with van der Waals surface area (Å²) in [5, 5.41) is 6.55. The van der Waals surface area contributed by atoms with E-state index in [1.165, 1.54) is 12.4 Å². The Morgan fingerprint density at radius 3 is 2.72 bits per heavy atom. The molecule has 3 rings (SSSR count). The fourth-order valence-electron chi connectivity index (χ4n) is 2.10. The van der Waals surface area contributed by atoms with Crippen molar-refractivity contribution in [3.05, 3.63) is 77.0 Å². The number of rotatable bonds is 5. The Morgan fingerprint density at radius 1 is 1.16 bits per heavy atom. The first kappa shape index (κ1) is 16.9. The normalized spacial score (nSPS) is 10.3. The van der Waals surface area contributed by atoms with Gasteiger partial charge in [0.25, 0.3) is 5.91 Å². The molecule has 6 nitrogen and oxygen atoms in total. The summed E-state index contributed by atoms with van der Waals surface area (Å²) >= 11 is 6.10. The third kappa shape index (κ3) is 4.51. The Bertz CT molecular complexity index is 868. The largest absolute Gasteiger partial charge is 0.347 e. The number of nitrogens with one attached hydrogen (secondary N) is 2. The molecule has 7 heteroatoms. The number of hydrogen-bond acceptors (Lipinski definition) is 5. The van der Waals surface area contributed by atoms with Crippen molar-refractivity contribution in [3.63, 3.8) is 0 Å². The molecule has 2 N–H and O–H groups in total. The summed E-state index contributed by atoms with van der Waals surface area (Å²) in [6, 6.07) is 9.33. The van der Waals surface area contributed by atoms with Crippen LogP contribution in [0, 0.1) is 6.92 Å². The number of nitrogens with zero attached hydrogens (tertiary/aromatic N) is 3. The fourth-order valence-corrected chi connectivity index (χ4v) is 2.28. The van der Waals surface area contributed by atoms with Gasteiger partial charge in [-0.05, 0) is 36.2 Å². The summed E-state index contributed by atoms with van der Waals surface area (Å²) in [5.41, 5.74) is 2.97. The molecule has 1 amide bonds. The van der Waals surface area contributed by atoms with Gasteiger partial charge in [-0.1, -0.05) is 23.7 Å². The fraction of sp³-hybridized carbons (Fsp3) is 0.111. The van der Waals surface area contributed by atoms with E-state index in [0.717, 1.165) is 16.8 Å². The van der Waals surface area contributed by atoms with Crippen LogP contribution in [0.5, 0.6) is 0 Å². The Balaban J connectivity index is 1.61. The molecule has 0 unspecified atom stereocenters. The molecule has 2 aromatic heterocycles. The monoisotopic (exact) mass is 353 g/mol. The predicted molar refractivity (Wildman–Crippen MR) is 96.9 cm³/mol. The van der Waals surface area contributed by atoms with E-state index in [4.69, 9.17) is 11.6 Å². The number of amides is 1. The minimum Gasteiger partial charge on any atom is -0.347 e. The van der Waals surface area contributed by atoms with Crippen LogP contribution in [0.25, 0.3) is 0 Å². The van der Waals surface area contributed by atoms with Gasteiger partial charge < -0.3 is 10.6 Å². The minimum atomic E-state index is -0.290. The molecule has 25 heavy (non-hydrogen) atoms. The summed E-state index contributed by atoms with van der Waals surface area (Å²) in [4.78, 5) is 24.5. The standard InChI is InChI=1S/C18H16ClN5O/c1-12-4-5-14(7-15(12)19)24-17-11-21-16(10-22-17)18(25)23-9-13-3-2-6-20-8-13/h2-8,10-11H,9H2,1H3,(H,22,24)(H,23,25). The van der Waals surface area contributed by atoms with E-state index in [1.807, 2.05) is 37.3 Å². The van der Waals surface area contributed by atoms with Crippen LogP contribution in [0.1, 0.15) is 21.6 Å². The molecule has 126 valence electrons. The maximum absolute atomic E-state index is 12.1. The topological polar surface area (TPSA) is 79.8 Å². The zero-order chi connectivity index (χ0) is 17.6. The van der Waals surface area contributed by atoms with Crippen molar-refractivity contribution in [1.29, 1.82) is 0 Å². The molecule has 0 spiro atoms. The molecule has 0 saturated heterocycles. The van der Waals surface area contributed by atoms with Gasteiger partial charge in [0.05, 0.1) is 12.4 Å². The second-order valence-corrected chi connectivity index (χ2v) is 5.83. The Kier molecular flexibility index (Phi) is 5.20. The molecule has 2 heterocycles. The van der Waals surface area contributed by atoms with Crippen LogP contribution in [-0.2, 0) is 6.54 Å². The molecule has 0 atom stereocenters. The predicted octanol–water partition coefficient (Wildman–Crippen LogP) is 3.51. The third-order valence-electron chi connectivity index (χ3n) is 3.50. The number of aryl methyl sites for hydroxylation is 1. The highest BCUT2D eigenvalue weighted by Gasteiger charge is 2.08. The molecular formula is C18H16ClN5O. The first-order chi connectivity index (χ1) is 12.1. The van der Waals surface area contributed by atoms with Gasteiger partial charge in [0.1, 0.15) is 11.5 Å². The van der Waals surface area contributed by atoms with E-state index in [-0.39, 0.29) is 11.6 Å². The van der Waals surface area contributed by atoms with Crippen molar-refractivity contribution < 1.29 is 4.79 Å². The lowest BCUT2D eigenvalue weighted by Crippen LogP contribution is -2.24. The minimum absolute atomic E-state index is 0.247. The maximum Gasteiger partial charge on any atom is 0.271 e. The lowest BCUT2D eigenvalue weighted by molar-refractivity contribution is 0.0945. The SMILES string of the molecule is Cc1ccc(Nc2cnc(C(=O)NCc3cccnc3)cn2)cc1Cl. The molecule has 0 saturated carbocycles. The highest BCUT2D eigenvalue weighted by atomic mass is 35.5.